The summed E-state index contributed by atoms with van der Waals surface area (Å²) in [6.45, 7) is 2.01. The molecule has 1 aromatic carbocycles. The molecule has 4 rings (SSSR count). The highest BCUT2D eigenvalue weighted by Crippen LogP contribution is 2.25. The molecule has 0 amide bonds. The highest BCUT2D eigenvalue weighted by Gasteiger charge is 2.20. The molecule has 1 atom stereocenters. The Bertz CT molecular complexity index is 830. The van der Waals surface area contributed by atoms with Crippen molar-refractivity contribution in [1.82, 2.24) is 20.2 Å². The second-order valence-electron chi connectivity index (χ2n) is 6.08. The van der Waals surface area contributed by atoms with Crippen LogP contribution in [0.25, 0.3) is 11.5 Å². The Morgan fingerprint density at radius 2 is 2.04 bits per heavy atom. The molecule has 7 heteroatoms. The topological polar surface area (TPSA) is 77.2 Å². The summed E-state index contributed by atoms with van der Waals surface area (Å²) in [7, 11) is 1.95. The highest BCUT2D eigenvalue weighted by atomic mass is 16.5. The van der Waals surface area contributed by atoms with Gasteiger partial charge in [0, 0.05) is 31.2 Å². The molecule has 0 saturated carbocycles. The van der Waals surface area contributed by atoms with E-state index in [1.807, 2.05) is 48.3 Å². The van der Waals surface area contributed by atoms with Gasteiger partial charge in [0.15, 0.2) is 0 Å². The average Bonchev–Trinajstić information content (AvgIpc) is 3.35. The number of anilines is 1. The van der Waals surface area contributed by atoms with Crippen LogP contribution in [0.1, 0.15) is 23.9 Å². The minimum atomic E-state index is 0.350. The fraction of sp³-hybridized carbons (Fsp3) is 0.333. The summed E-state index contributed by atoms with van der Waals surface area (Å²) in [5.74, 6) is 2.25. The first-order valence-electron chi connectivity index (χ1n) is 8.28. The molecule has 25 heavy (non-hydrogen) atoms. The van der Waals surface area contributed by atoms with Crippen molar-refractivity contribution < 1.29 is 9.15 Å². The summed E-state index contributed by atoms with van der Waals surface area (Å²) in [6, 6.07) is 11.7. The van der Waals surface area contributed by atoms with Gasteiger partial charge in [-0.15, -0.1) is 10.2 Å². The summed E-state index contributed by atoms with van der Waals surface area (Å²) in [4.78, 5) is 10.7. The summed E-state index contributed by atoms with van der Waals surface area (Å²) >= 11 is 0. The predicted molar refractivity (Wildman–Crippen MR) is 92.1 cm³/mol. The molecule has 0 spiro atoms. The maximum atomic E-state index is 5.76. The fourth-order valence-corrected chi connectivity index (χ4v) is 2.86. The number of ether oxygens (including phenoxy) is 1. The largest absolute Gasteiger partial charge is 0.419 e. The van der Waals surface area contributed by atoms with Crippen LogP contribution in [-0.4, -0.2) is 40.4 Å². The van der Waals surface area contributed by atoms with Crippen LogP contribution in [0.5, 0.6) is 0 Å². The Balaban J connectivity index is 1.48. The van der Waals surface area contributed by atoms with E-state index in [0.717, 1.165) is 36.7 Å². The highest BCUT2D eigenvalue weighted by molar-refractivity contribution is 5.51. The second kappa shape index (κ2) is 6.98. The first-order valence-corrected chi connectivity index (χ1v) is 8.28. The van der Waals surface area contributed by atoms with Gasteiger partial charge in [0.1, 0.15) is 12.1 Å². The molecule has 1 aliphatic rings. The van der Waals surface area contributed by atoms with Gasteiger partial charge in [-0.3, -0.25) is 0 Å². The lowest BCUT2D eigenvalue weighted by atomic mass is 10.0. The first-order chi connectivity index (χ1) is 12.3. The standard InChI is InChI=1S/C18H19N5O2/c1-23(16-9-15(19-12-20-16)14-7-8-24-11-14)10-17-21-22-18(25-17)13-5-3-2-4-6-13/h2-6,9,12,14H,7-8,10-11H2,1H3. The van der Waals surface area contributed by atoms with E-state index in [1.165, 1.54) is 0 Å². The lowest BCUT2D eigenvalue weighted by Gasteiger charge is -2.17. The molecule has 1 fully saturated rings. The molecule has 2 aromatic heterocycles. The number of nitrogens with zero attached hydrogens (tertiary/aromatic N) is 5. The predicted octanol–water partition coefficient (Wildman–Crippen LogP) is 2.67. The Labute approximate surface area is 145 Å². The molecule has 1 saturated heterocycles. The molecule has 7 nitrogen and oxygen atoms in total. The lowest BCUT2D eigenvalue weighted by Crippen LogP contribution is -2.18. The molecule has 1 aliphatic heterocycles. The molecule has 1 unspecified atom stereocenters. The Kier molecular flexibility index (Phi) is 4.39. The number of hydrogen-bond acceptors (Lipinski definition) is 7. The van der Waals surface area contributed by atoms with Crippen LogP contribution in [-0.2, 0) is 11.3 Å². The van der Waals surface area contributed by atoms with E-state index in [0.29, 0.717) is 24.2 Å². The van der Waals surface area contributed by atoms with Gasteiger partial charge in [-0.05, 0) is 18.6 Å². The smallest absolute Gasteiger partial charge is 0.247 e. The van der Waals surface area contributed by atoms with Crippen LogP contribution < -0.4 is 4.90 Å². The summed E-state index contributed by atoms with van der Waals surface area (Å²) in [5, 5.41) is 8.26. The van der Waals surface area contributed by atoms with Crippen LogP contribution in [0.15, 0.2) is 47.1 Å². The van der Waals surface area contributed by atoms with Gasteiger partial charge >= 0.3 is 0 Å². The van der Waals surface area contributed by atoms with Crippen molar-refractivity contribution >= 4 is 5.82 Å². The van der Waals surface area contributed by atoms with Crippen LogP contribution in [0.3, 0.4) is 0 Å². The Morgan fingerprint density at radius 3 is 2.84 bits per heavy atom. The van der Waals surface area contributed by atoms with E-state index in [9.17, 15) is 0 Å². The maximum absolute atomic E-state index is 5.76. The number of aromatic nitrogens is 4. The number of hydrogen-bond donors (Lipinski definition) is 0. The van der Waals surface area contributed by atoms with Crippen LogP contribution >= 0.6 is 0 Å². The van der Waals surface area contributed by atoms with E-state index >= 15 is 0 Å². The minimum Gasteiger partial charge on any atom is -0.419 e. The van der Waals surface area contributed by atoms with E-state index in [1.54, 1.807) is 6.33 Å². The third kappa shape index (κ3) is 3.51. The van der Waals surface area contributed by atoms with E-state index in [-0.39, 0.29) is 0 Å². The monoisotopic (exact) mass is 337 g/mol. The van der Waals surface area contributed by atoms with Crippen molar-refractivity contribution in [2.75, 3.05) is 25.2 Å². The van der Waals surface area contributed by atoms with Gasteiger partial charge in [-0.1, -0.05) is 18.2 Å². The third-order valence-electron chi connectivity index (χ3n) is 4.27. The van der Waals surface area contributed by atoms with Crippen molar-refractivity contribution in [2.24, 2.45) is 0 Å². The van der Waals surface area contributed by atoms with E-state index in [2.05, 4.69) is 20.2 Å². The normalized spacial score (nSPS) is 16.9. The average molecular weight is 337 g/mol. The van der Waals surface area contributed by atoms with Crippen molar-refractivity contribution in [1.29, 1.82) is 0 Å². The molecular weight excluding hydrogens is 318 g/mol. The molecule has 0 aliphatic carbocycles. The molecule has 0 N–H and O–H groups in total. The molecule has 0 bridgehead atoms. The first kappa shape index (κ1) is 15.7. The van der Waals surface area contributed by atoms with Crippen LogP contribution in [0.4, 0.5) is 5.82 Å². The molecule has 3 aromatic rings. The van der Waals surface area contributed by atoms with E-state index < -0.39 is 0 Å². The zero-order valence-corrected chi connectivity index (χ0v) is 14.0. The third-order valence-corrected chi connectivity index (χ3v) is 4.27. The Hall–Kier alpha value is -2.80. The number of benzene rings is 1. The number of rotatable bonds is 5. The summed E-state index contributed by atoms with van der Waals surface area (Å²) in [5.41, 5.74) is 1.93. The van der Waals surface area contributed by atoms with Gasteiger partial charge in [-0.2, -0.15) is 0 Å². The van der Waals surface area contributed by atoms with E-state index in [4.69, 9.17) is 9.15 Å². The SMILES string of the molecule is CN(Cc1nnc(-c2ccccc2)o1)c1cc(C2CCOC2)ncn1. The van der Waals surface area contributed by atoms with Gasteiger partial charge in [0.25, 0.3) is 0 Å². The zero-order chi connectivity index (χ0) is 17.1. The van der Waals surface area contributed by atoms with Crippen LogP contribution in [0.2, 0.25) is 0 Å². The zero-order valence-electron chi connectivity index (χ0n) is 14.0. The van der Waals surface area contributed by atoms with Gasteiger partial charge in [-0.25, -0.2) is 9.97 Å². The van der Waals surface area contributed by atoms with Crippen molar-refractivity contribution in [3.8, 4) is 11.5 Å². The molecule has 3 heterocycles. The fourth-order valence-electron chi connectivity index (χ4n) is 2.86. The van der Waals surface area contributed by atoms with Crippen LogP contribution in [0, 0.1) is 0 Å². The van der Waals surface area contributed by atoms with Crippen molar-refractivity contribution in [3.05, 3.63) is 54.3 Å². The summed E-state index contributed by atoms with van der Waals surface area (Å²) < 4.78 is 11.2. The molecular formula is C18H19N5O2. The maximum Gasteiger partial charge on any atom is 0.247 e. The quantitative estimate of drug-likeness (QED) is 0.708. The minimum absolute atomic E-state index is 0.350. The Morgan fingerprint density at radius 1 is 1.16 bits per heavy atom. The van der Waals surface area contributed by atoms with Crippen molar-refractivity contribution in [2.45, 2.75) is 18.9 Å². The molecule has 0 radical (unpaired) electrons. The van der Waals surface area contributed by atoms with Gasteiger partial charge in [0.05, 0.1) is 18.8 Å². The summed E-state index contributed by atoms with van der Waals surface area (Å²) in [6.07, 6.45) is 2.60. The second-order valence-corrected chi connectivity index (χ2v) is 6.08. The van der Waals surface area contributed by atoms with Crippen molar-refractivity contribution in [3.63, 3.8) is 0 Å². The van der Waals surface area contributed by atoms with Gasteiger partial charge in [0.2, 0.25) is 11.8 Å². The molecule has 128 valence electrons. The van der Waals surface area contributed by atoms with Gasteiger partial charge < -0.3 is 14.1 Å². The lowest BCUT2D eigenvalue weighted by molar-refractivity contribution is 0.193.